The van der Waals surface area contributed by atoms with E-state index in [0.29, 0.717) is 16.9 Å². The molecule has 1 aliphatic carbocycles. The van der Waals surface area contributed by atoms with Gasteiger partial charge in [-0.1, -0.05) is 25.4 Å². The zero-order valence-electron chi connectivity index (χ0n) is 10.6. The van der Waals surface area contributed by atoms with E-state index < -0.39 is 0 Å². The third-order valence-corrected chi connectivity index (χ3v) is 5.38. The van der Waals surface area contributed by atoms with Gasteiger partial charge in [0.05, 0.1) is 9.90 Å². The van der Waals surface area contributed by atoms with E-state index in [9.17, 15) is 4.79 Å². The number of carbonyl (C=O) groups excluding carboxylic acids is 1. The minimum atomic E-state index is 0.185. The second kappa shape index (κ2) is 5.11. The first kappa shape index (κ1) is 13.1. The number of halogens is 1. The number of thiophene rings is 1. The molecular weight excluding hydrogens is 252 g/mol. The van der Waals surface area contributed by atoms with Crippen molar-refractivity contribution < 1.29 is 4.79 Å². The SMILES string of the molecule is Cc1csc(C(=O)C2CC(C)CC(C)C2)c1Cl. The van der Waals surface area contributed by atoms with Gasteiger partial charge in [-0.25, -0.2) is 0 Å². The first-order chi connectivity index (χ1) is 7.99. The van der Waals surface area contributed by atoms with Crippen LogP contribution in [0.4, 0.5) is 0 Å². The number of ketones is 1. The quantitative estimate of drug-likeness (QED) is 0.694. The molecule has 1 nitrogen and oxygen atoms in total. The maximum Gasteiger partial charge on any atom is 0.177 e. The number of carbonyl (C=O) groups is 1. The van der Waals surface area contributed by atoms with Crippen molar-refractivity contribution >= 4 is 28.7 Å². The Kier molecular flexibility index (Phi) is 3.94. The Morgan fingerprint density at radius 2 is 1.88 bits per heavy atom. The average molecular weight is 271 g/mol. The summed E-state index contributed by atoms with van der Waals surface area (Å²) in [5, 5.41) is 2.65. The largest absolute Gasteiger partial charge is 0.293 e. The third-order valence-electron chi connectivity index (χ3n) is 3.67. The molecule has 0 aliphatic heterocycles. The number of Topliss-reactive ketones (excluding diaryl/α,β-unsaturated/α-hetero) is 1. The molecule has 0 saturated heterocycles. The van der Waals surface area contributed by atoms with Crippen molar-refractivity contribution in [2.45, 2.75) is 40.0 Å². The molecule has 2 rings (SSSR count). The molecule has 0 aromatic carbocycles. The van der Waals surface area contributed by atoms with Gasteiger partial charge >= 0.3 is 0 Å². The highest BCUT2D eigenvalue weighted by molar-refractivity contribution is 7.13. The lowest BCUT2D eigenvalue weighted by atomic mass is 9.75. The van der Waals surface area contributed by atoms with E-state index in [1.807, 2.05) is 12.3 Å². The molecule has 0 spiro atoms. The number of hydrogen-bond acceptors (Lipinski definition) is 2. The van der Waals surface area contributed by atoms with E-state index in [0.717, 1.165) is 23.3 Å². The zero-order chi connectivity index (χ0) is 12.6. The van der Waals surface area contributed by atoms with Crippen LogP contribution >= 0.6 is 22.9 Å². The van der Waals surface area contributed by atoms with Crippen molar-refractivity contribution in [2.24, 2.45) is 17.8 Å². The molecule has 1 saturated carbocycles. The summed E-state index contributed by atoms with van der Waals surface area (Å²) in [6, 6.07) is 0. The van der Waals surface area contributed by atoms with Crippen LogP contribution in [0.2, 0.25) is 5.02 Å². The minimum absolute atomic E-state index is 0.185. The second-order valence-electron chi connectivity index (χ2n) is 5.54. The summed E-state index contributed by atoms with van der Waals surface area (Å²) in [6.07, 6.45) is 3.30. The van der Waals surface area contributed by atoms with Crippen LogP contribution in [0.5, 0.6) is 0 Å². The lowest BCUT2D eigenvalue weighted by Gasteiger charge is -2.30. The monoisotopic (exact) mass is 270 g/mol. The number of aryl methyl sites for hydroxylation is 1. The molecular formula is C14H19ClOS. The average Bonchev–Trinajstić information content (AvgIpc) is 2.57. The maximum absolute atomic E-state index is 12.5. The van der Waals surface area contributed by atoms with Crippen LogP contribution in [-0.2, 0) is 0 Å². The fraction of sp³-hybridized carbons (Fsp3) is 0.643. The molecule has 94 valence electrons. The van der Waals surface area contributed by atoms with Gasteiger partial charge in [-0.05, 0) is 49.0 Å². The Morgan fingerprint density at radius 3 is 2.35 bits per heavy atom. The predicted molar refractivity (Wildman–Crippen MR) is 74.1 cm³/mol. The lowest BCUT2D eigenvalue weighted by Crippen LogP contribution is -2.25. The van der Waals surface area contributed by atoms with Gasteiger partial charge < -0.3 is 0 Å². The molecule has 0 bridgehead atoms. The molecule has 0 amide bonds. The first-order valence-electron chi connectivity index (χ1n) is 6.26. The highest BCUT2D eigenvalue weighted by atomic mass is 35.5. The molecule has 2 unspecified atom stereocenters. The Morgan fingerprint density at radius 1 is 1.29 bits per heavy atom. The number of rotatable bonds is 2. The van der Waals surface area contributed by atoms with Crippen molar-refractivity contribution in [1.29, 1.82) is 0 Å². The highest BCUT2D eigenvalue weighted by Gasteiger charge is 2.31. The molecule has 1 aliphatic rings. The minimum Gasteiger partial charge on any atom is -0.293 e. The van der Waals surface area contributed by atoms with E-state index in [4.69, 9.17) is 11.6 Å². The fourth-order valence-electron chi connectivity index (χ4n) is 2.94. The van der Waals surface area contributed by atoms with Crippen LogP contribution in [0.25, 0.3) is 0 Å². The summed E-state index contributed by atoms with van der Waals surface area (Å²) < 4.78 is 0. The van der Waals surface area contributed by atoms with E-state index in [2.05, 4.69) is 13.8 Å². The molecule has 17 heavy (non-hydrogen) atoms. The Labute approximate surface area is 112 Å². The van der Waals surface area contributed by atoms with E-state index in [1.165, 1.54) is 17.8 Å². The van der Waals surface area contributed by atoms with E-state index in [-0.39, 0.29) is 11.7 Å². The standard InChI is InChI=1S/C14H19ClOS/c1-8-4-9(2)6-11(5-8)13(16)14-12(15)10(3)7-17-14/h7-9,11H,4-6H2,1-3H3. The van der Waals surface area contributed by atoms with Crippen LogP contribution in [0.3, 0.4) is 0 Å². The summed E-state index contributed by atoms with van der Waals surface area (Å²) >= 11 is 7.68. The van der Waals surface area contributed by atoms with Crippen LogP contribution in [0.1, 0.15) is 48.3 Å². The van der Waals surface area contributed by atoms with Gasteiger partial charge in [-0.3, -0.25) is 4.79 Å². The van der Waals surface area contributed by atoms with Crippen molar-refractivity contribution in [1.82, 2.24) is 0 Å². The topological polar surface area (TPSA) is 17.1 Å². The van der Waals surface area contributed by atoms with Crippen LogP contribution < -0.4 is 0 Å². The van der Waals surface area contributed by atoms with Crippen molar-refractivity contribution in [3.8, 4) is 0 Å². The summed E-state index contributed by atoms with van der Waals surface area (Å²) in [7, 11) is 0. The maximum atomic E-state index is 12.5. The molecule has 1 aromatic rings. The Hall–Kier alpha value is -0.340. The van der Waals surface area contributed by atoms with Crippen molar-refractivity contribution in [2.75, 3.05) is 0 Å². The van der Waals surface area contributed by atoms with Crippen molar-refractivity contribution in [3.63, 3.8) is 0 Å². The van der Waals surface area contributed by atoms with Crippen molar-refractivity contribution in [3.05, 3.63) is 20.8 Å². The van der Waals surface area contributed by atoms with Crippen LogP contribution in [-0.4, -0.2) is 5.78 Å². The third kappa shape index (κ3) is 2.74. The van der Waals surface area contributed by atoms with Crippen LogP contribution in [0.15, 0.2) is 5.38 Å². The molecule has 1 fully saturated rings. The van der Waals surface area contributed by atoms with Gasteiger partial charge in [-0.15, -0.1) is 11.3 Å². The molecule has 1 aromatic heterocycles. The molecule has 0 N–H and O–H groups in total. The van der Waals surface area contributed by atoms with Crippen LogP contribution in [0, 0.1) is 24.7 Å². The van der Waals surface area contributed by atoms with Gasteiger partial charge in [0.15, 0.2) is 5.78 Å². The normalized spacial score (nSPS) is 29.3. The Balaban J connectivity index is 2.17. The van der Waals surface area contributed by atoms with Gasteiger partial charge in [0.2, 0.25) is 0 Å². The zero-order valence-corrected chi connectivity index (χ0v) is 12.2. The van der Waals surface area contributed by atoms with E-state index in [1.54, 1.807) is 0 Å². The lowest BCUT2D eigenvalue weighted by molar-refractivity contribution is 0.0840. The number of hydrogen-bond donors (Lipinski definition) is 0. The predicted octanol–water partition coefficient (Wildman–Crippen LogP) is 4.96. The summed E-state index contributed by atoms with van der Waals surface area (Å²) in [5.41, 5.74) is 1.02. The highest BCUT2D eigenvalue weighted by Crippen LogP contribution is 2.37. The Bertz CT molecular complexity index is 414. The summed E-state index contributed by atoms with van der Waals surface area (Å²) in [6.45, 7) is 6.45. The first-order valence-corrected chi connectivity index (χ1v) is 7.52. The van der Waals surface area contributed by atoms with Gasteiger partial charge in [-0.2, -0.15) is 0 Å². The summed E-state index contributed by atoms with van der Waals surface area (Å²) in [4.78, 5) is 13.2. The van der Waals surface area contributed by atoms with Gasteiger partial charge in [0.1, 0.15) is 0 Å². The smallest absolute Gasteiger partial charge is 0.177 e. The summed E-state index contributed by atoms with van der Waals surface area (Å²) in [5.74, 6) is 1.77. The molecule has 2 atom stereocenters. The molecule has 3 heteroatoms. The fourth-order valence-corrected chi connectivity index (χ4v) is 4.25. The van der Waals surface area contributed by atoms with Gasteiger partial charge in [0, 0.05) is 5.92 Å². The second-order valence-corrected chi connectivity index (χ2v) is 6.80. The molecule has 0 radical (unpaired) electrons. The van der Waals surface area contributed by atoms with E-state index >= 15 is 0 Å². The van der Waals surface area contributed by atoms with Gasteiger partial charge in [0.25, 0.3) is 0 Å². The molecule has 1 heterocycles.